The number of hydrazone groups is 1. The summed E-state index contributed by atoms with van der Waals surface area (Å²) in [4.78, 5) is 12.0. The average Bonchev–Trinajstić information content (AvgIpc) is 2.68. The van der Waals surface area contributed by atoms with Crippen molar-refractivity contribution in [1.29, 1.82) is 5.26 Å². The fourth-order valence-corrected chi connectivity index (χ4v) is 2.16. The smallest absolute Gasteiger partial charge is 0.274 e. The molecule has 140 valence electrons. The van der Waals surface area contributed by atoms with E-state index < -0.39 is 11.7 Å². The van der Waals surface area contributed by atoms with Crippen molar-refractivity contribution in [3.63, 3.8) is 0 Å². The van der Waals surface area contributed by atoms with Crippen LogP contribution in [0.25, 0.3) is 0 Å². The molecule has 7 heteroatoms. The molecule has 0 fully saturated rings. The van der Waals surface area contributed by atoms with Crippen LogP contribution in [0.3, 0.4) is 0 Å². The molecule has 0 radical (unpaired) electrons. The first-order chi connectivity index (χ1) is 13.0. The summed E-state index contributed by atoms with van der Waals surface area (Å²) in [5, 5.41) is 12.6. The summed E-state index contributed by atoms with van der Waals surface area (Å²) in [6.07, 6.45) is 2.33. The van der Waals surface area contributed by atoms with Crippen molar-refractivity contribution in [2.24, 2.45) is 5.10 Å². The normalized spacial score (nSPS) is 11.7. The molecule has 0 bridgehead atoms. The lowest BCUT2D eigenvalue weighted by Crippen LogP contribution is -2.19. The van der Waals surface area contributed by atoms with E-state index in [1.807, 2.05) is 13.8 Å². The number of hydrogen-bond acceptors (Lipinski definition) is 5. The first-order valence-electron chi connectivity index (χ1n) is 8.36. The molecule has 0 saturated carbocycles. The van der Waals surface area contributed by atoms with Crippen molar-refractivity contribution < 1.29 is 18.7 Å². The van der Waals surface area contributed by atoms with Gasteiger partial charge in [-0.2, -0.15) is 10.4 Å². The lowest BCUT2D eigenvalue weighted by molar-refractivity contribution is 0.0951. The van der Waals surface area contributed by atoms with Crippen LogP contribution in [0.4, 0.5) is 4.39 Å². The minimum absolute atomic E-state index is 0.0556. The molecule has 0 saturated heterocycles. The third-order valence-electron chi connectivity index (χ3n) is 3.81. The minimum atomic E-state index is -0.782. The van der Waals surface area contributed by atoms with Gasteiger partial charge < -0.3 is 9.47 Å². The average molecular weight is 369 g/mol. The van der Waals surface area contributed by atoms with Gasteiger partial charge in [0.2, 0.25) is 0 Å². The van der Waals surface area contributed by atoms with Gasteiger partial charge >= 0.3 is 0 Å². The number of rotatable bonds is 7. The summed E-state index contributed by atoms with van der Waals surface area (Å²) in [6.45, 7) is 3.99. The molecule has 2 aromatic rings. The van der Waals surface area contributed by atoms with Crippen molar-refractivity contribution >= 4 is 12.1 Å². The molecule has 0 aromatic heterocycles. The third-order valence-corrected chi connectivity index (χ3v) is 3.81. The Hall–Kier alpha value is -3.40. The summed E-state index contributed by atoms with van der Waals surface area (Å²) in [7, 11) is 1.54. The fraction of sp³-hybridized carbons (Fsp3) is 0.250. The monoisotopic (exact) mass is 369 g/mol. The van der Waals surface area contributed by atoms with Gasteiger partial charge in [0.25, 0.3) is 5.91 Å². The highest BCUT2D eigenvalue weighted by Crippen LogP contribution is 2.28. The lowest BCUT2D eigenvalue weighted by Gasteiger charge is -2.15. The van der Waals surface area contributed by atoms with Gasteiger partial charge in [-0.15, -0.1) is 0 Å². The number of nitriles is 1. The van der Waals surface area contributed by atoms with Crippen molar-refractivity contribution in [1.82, 2.24) is 5.43 Å². The Morgan fingerprint density at radius 1 is 1.33 bits per heavy atom. The number of amides is 1. The van der Waals surface area contributed by atoms with E-state index in [1.165, 1.54) is 25.5 Å². The van der Waals surface area contributed by atoms with Crippen molar-refractivity contribution in [2.45, 2.75) is 26.4 Å². The van der Waals surface area contributed by atoms with E-state index in [9.17, 15) is 9.18 Å². The van der Waals surface area contributed by atoms with Crippen molar-refractivity contribution in [3.05, 3.63) is 58.9 Å². The van der Waals surface area contributed by atoms with Crippen molar-refractivity contribution in [2.75, 3.05) is 7.11 Å². The van der Waals surface area contributed by atoms with Gasteiger partial charge in [-0.05, 0) is 55.3 Å². The van der Waals surface area contributed by atoms with Crippen LogP contribution in [-0.2, 0) is 0 Å². The summed E-state index contributed by atoms with van der Waals surface area (Å²) >= 11 is 0. The largest absolute Gasteiger partial charge is 0.493 e. The SMILES string of the molecule is CCC(C)Oc1ccc(C=NNC(=O)c2ccc(C#N)cc2F)cc1OC. The summed E-state index contributed by atoms with van der Waals surface area (Å²) in [5.74, 6) is -0.330. The Kier molecular flexibility index (Phi) is 6.89. The van der Waals surface area contributed by atoms with Crippen LogP contribution < -0.4 is 14.9 Å². The first-order valence-corrected chi connectivity index (χ1v) is 8.36. The van der Waals surface area contributed by atoms with Gasteiger partial charge in [-0.25, -0.2) is 9.82 Å². The van der Waals surface area contributed by atoms with E-state index in [1.54, 1.807) is 24.3 Å². The predicted molar refractivity (Wildman–Crippen MR) is 99.6 cm³/mol. The van der Waals surface area contributed by atoms with Gasteiger partial charge in [0.05, 0.1) is 36.6 Å². The maximum absolute atomic E-state index is 13.8. The number of nitrogens with one attached hydrogen (secondary N) is 1. The van der Waals surface area contributed by atoms with E-state index in [0.29, 0.717) is 17.1 Å². The Morgan fingerprint density at radius 2 is 2.11 bits per heavy atom. The van der Waals surface area contributed by atoms with E-state index >= 15 is 0 Å². The van der Waals surface area contributed by atoms with Gasteiger partial charge in [0, 0.05) is 0 Å². The molecule has 1 atom stereocenters. The highest BCUT2D eigenvalue weighted by atomic mass is 19.1. The second-order valence-corrected chi connectivity index (χ2v) is 5.75. The minimum Gasteiger partial charge on any atom is -0.493 e. The maximum Gasteiger partial charge on any atom is 0.274 e. The molecule has 1 unspecified atom stereocenters. The van der Waals surface area contributed by atoms with Crippen LogP contribution in [0.2, 0.25) is 0 Å². The Balaban J connectivity index is 2.07. The van der Waals surface area contributed by atoms with Crippen LogP contribution in [0.15, 0.2) is 41.5 Å². The zero-order valence-electron chi connectivity index (χ0n) is 15.3. The van der Waals surface area contributed by atoms with Gasteiger partial charge in [0.1, 0.15) is 5.82 Å². The highest BCUT2D eigenvalue weighted by molar-refractivity contribution is 5.95. The van der Waals surface area contributed by atoms with E-state index in [0.717, 1.165) is 12.5 Å². The number of ether oxygens (including phenoxy) is 2. The lowest BCUT2D eigenvalue weighted by atomic mass is 10.1. The zero-order valence-corrected chi connectivity index (χ0v) is 15.3. The Labute approximate surface area is 157 Å². The van der Waals surface area contributed by atoms with Crippen LogP contribution in [0.5, 0.6) is 11.5 Å². The summed E-state index contributed by atoms with van der Waals surface area (Å²) in [6, 6.07) is 10.6. The second-order valence-electron chi connectivity index (χ2n) is 5.75. The fourth-order valence-electron chi connectivity index (χ4n) is 2.16. The molecule has 2 aromatic carbocycles. The molecule has 0 aliphatic rings. The molecule has 0 aliphatic carbocycles. The Bertz CT molecular complexity index is 891. The standard InChI is InChI=1S/C20H20FN3O3/c1-4-13(2)27-18-8-6-15(10-19(18)26-3)12-23-24-20(25)16-7-5-14(11-22)9-17(16)21/h5-10,12-13H,4H2,1-3H3,(H,24,25). The van der Waals surface area contributed by atoms with Crippen LogP contribution in [0, 0.1) is 17.1 Å². The number of carbonyl (C=O) groups is 1. The van der Waals surface area contributed by atoms with Crippen LogP contribution in [0.1, 0.15) is 41.8 Å². The maximum atomic E-state index is 13.8. The molecule has 0 aliphatic heterocycles. The quantitative estimate of drug-likeness (QED) is 0.596. The number of carbonyl (C=O) groups excluding carboxylic acids is 1. The Morgan fingerprint density at radius 3 is 2.74 bits per heavy atom. The molecule has 27 heavy (non-hydrogen) atoms. The predicted octanol–water partition coefficient (Wildman–Crippen LogP) is 3.65. The van der Waals surface area contributed by atoms with E-state index in [-0.39, 0.29) is 17.2 Å². The third kappa shape index (κ3) is 5.28. The first kappa shape index (κ1) is 19.9. The van der Waals surface area contributed by atoms with Gasteiger partial charge in [0.15, 0.2) is 11.5 Å². The van der Waals surface area contributed by atoms with Crippen molar-refractivity contribution in [3.8, 4) is 17.6 Å². The molecular formula is C20H20FN3O3. The number of methoxy groups -OCH3 is 1. The van der Waals surface area contributed by atoms with E-state index in [4.69, 9.17) is 14.7 Å². The van der Waals surface area contributed by atoms with Gasteiger partial charge in [-0.1, -0.05) is 6.92 Å². The van der Waals surface area contributed by atoms with Crippen LogP contribution >= 0.6 is 0 Å². The molecular weight excluding hydrogens is 349 g/mol. The number of hydrogen-bond donors (Lipinski definition) is 1. The molecule has 0 spiro atoms. The molecule has 6 nitrogen and oxygen atoms in total. The van der Waals surface area contributed by atoms with Gasteiger partial charge in [-0.3, -0.25) is 4.79 Å². The summed E-state index contributed by atoms with van der Waals surface area (Å²) in [5.41, 5.74) is 2.87. The van der Waals surface area contributed by atoms with E-state index in [2.05, 4.69) is 10.5 Å². The highest BCUT2D eigenvalue weighted by Gasteiger charge is 2.12. The number of nitrogens with zero attached hydrogens (tertiary/aromatic N) is 2. The molecule has 1 amide bonds. The second kappa shape index (κ2) is 9.34. The topological polar surface area (TPSA) is 83.7 Å². The summed E-state index contributed by atoms with van der Waals surface area (Å²) < 4.78 is 24.9. The molecule has 2 rings (SSSR count). The number of benzene rings is 2. The molecule has 0 heterocycles. The zero-order chi connectivity index (χ0) is 19.8. The molecule has 1 N–H and O–H groups in total. The number of halogens is 1. The van der Waals surface area contributed by atoms with Crippen LogP contribution in [-0.4, -0.2) is 25.3 Å².